The van der Waals surface area contributed by atoms with Gasteiger partial charge in [-0.05, 0) is 24.4 Å². The Morgan fingerprint density at radius 3 is 2.77 bits per heavy atom. The van der Waals surface area contributed by atoms with Crippen LogP contribution in [0.3, 0.4) is 0 Å². The Labute approximate surface area is 179 Å². The first-order valence-corrected chi connectivity index (χ1v) is 10.7. The minimum Gasteiger partial charge on any atom is -0.370 e. The average molecular weight is 447 g/mol. The van der Waals surface area contributed by atoms with Crippen LogP contribution in [0.1, 0.15) is 12.0 Å². The molecule has 10 nitrogen and oxygen atoms in total. The molecular weight excluding hydrogens is 428 g/mol. The quantitative estimate of drug-likeness (QED) is 0.292. The second-order valence-electron chi connectivity index (χ2n) is 6.20. The number of hydrogen-bond acceptors (Lipinski definition) is 8. The molecule has 3 aromatic rings. The van der Waals surface area contributed by atoms with Gasteiger partial charge in [-0.25, -0.2) is 0 Å². The lowest BCUT2D eigenvalue weighted by atomic mass is 10.1. The average Bonchev–Trinajstić information content (AvgIpc) is 3.35. The van der Waals surface area contributed by atoms with Gasteiger partial charge in [-0.15, -0.1) is 21.5 Å². The first-order chi connectivity index (χ1) is 14.4. The molecule has 3 rings (SSSR count). The summed E-state index contributed by atoms with van der Waals surface area (Å²) >= 11 is 2.64. The number of nitrogens with one attached hydrogen (secondary N) is 1. The van der Waals surface area contributed by atoms with E-state index in [-0.39, 0.29) is 23.8 Å². The maximum absolute atomic E-state index is 12.4. The molecule has 3 N–H and O–H groups in total. The summed E-state index contributed by atoms with van der Waals surface area (Å²) in [5.41, 5.74) is 5.97. The van der Waals surface area contributed by atoms with Gasteiger partial charge >= 0.3 is 0 Å². The van der Waals surface area contributed by atoms with Crippen LogP contribution < -0.4 is 11.1 Å². The van der Waals surface area contributed by atoms with Crippen LogP contribution in [0.25, 0.3) is 10.7 Å². The van der Waals surface area contributed by atoms with Crippen LogP contribution in [0.15, 0.2) is 40.9 Å². The van der Waals surface area contributed by atoms with E-state index >= 15 is 0 Å². The Bertz CT molecular complexity index is 1080. The first-order valence-electron chi connectivity index (χ1n) is 8.79. The number of amides is 2. The van der Waals surface area contributed by atoms with Gasteiger partial charge in [-0.3, -0.25) is 19.7 Å². The summed E-state index contributed by atoms with van der Waals surface area (Å²) in [4.78, 5) is 35.1. The third-order valence-electron chi connectivity index (χ3n) is 4.15. The van der Waals surface area contributed by atoms with Crippen LogP contribution >= 0.6 is 23.1 Å². The van der Waals surface area contributed by atoms with Gasteiger partial charge in [0.2, 0.25) is 11.8 Å². The standard InChI is InChI=1S/C18H18N6O4S2/c1-11-12(4-2-5-13(11)24(27)28)20-16(26)10-30-18-22-21-17(14-6-3-9-29-14)23(18)8-7-15(19)25/h2-6,9H,7-8,10H2,1H3,(H2,19,25)(H,20,26). The van der Waals surface area contributed by atoms with Crippen molar-refractivity contribution < 1.29 is 14.5 Å². The van der Waals surface area contributed by atoms with Gasteiger partial charge in [0.15, 0.2) is 11.0 Å². The van der Waals surface area contributed by atoms with E-state index in [2.05, 4.69) is 15.5 Å². The molecule has 2 amide bonds. The van der Waals surface area contributed by atoms with E-state index in [0.717, 1.165) is 16.6 Å². The maximum atomic E-state index is 12.4. The summed E-state index contributed by atoms with van der Waals surface area (Å²) in [5, 5.41) is 24.5. The number of carbonyl (C=O) groups excluding carboxylic acids is 2. The van der Waals surface area contributed by atoms with Crippen molar-refractivity contribution in [3.05, 3.63) is 51.4 Å². The van der Waals surface area contributed by atoms with Crippen molar-refractivity contribution >= 4 is 46.3 Å². The molecule has 0 aliphatic heterocycles. The van der Waals surface area contributed by atoms with Crippen molar-refractivity contribution in [3.63, 3.8) is 0 Å². The van der Waals surface area contributed by atoms with Crippen LogP contribution in [-0.2, 0) is 16.1 Å². The Morgan fingerprint density at radius 2 is 2.10 bits per heavy atom. The number of nitro benzene ring substituents is 1. The maximum Gasteiger partial charge on any atom is 0.274 e. The van der Waals surface area contributed by atoms with Gasteiger partial charge in [0.1, 0.15) is 0 Å². The number of nitrogens with two attached hydrogens (primary N) is 1. The molecule has 156 valence electrons. The molecule has 0 aliphatic rings. The zero-order valence-electron chi connectivity index (χ0n) is 15.9. The summed E-state index contributed by atoms with van der Waals surface area (Å²) in [6.07, 6.45) is 0.114. The lowest BCUT2D eigenvalue weighted by Crippen LogP contribution is -2.17. The number of thioether (sulfide) groups is 1. The van der Waals surface area contributed by atoms with Crippen molar-refractivity contribution in [2.45, 2.75) is 25.0 Å². The fraction of sp³-hybridized carbons (Fsp3) is 0.222. The number of aromatic nitrogens is 3. The number of primary amides is 1. The third-order valence-corrected chi connectivity index (χ3v) is 5.98. The molecule has 0 aliphatic carbocycles. The molecule has 1 aromatic carbocycles. The normalized spacial score (nSPS) is 10.7. The zero-order valence-corrected chi connectivity index (χ0v) is 17.5. The highest BCUT2D eigenvalue weighted by molar-refractivity contribution is 7.99. The van der Waals surface area contributed by atoms with Crippen molar-refractivity contribution in [2.24, 2.45) is 5.73 Å². The van der Waals surface area contributed by atoms with Crippen LogP contribution in [0.4, 0.5) is 11.4 Å². The fourth-order valence-electron chi connectivity index (χ4n) is 2.68. The summed E-state index contributed by atoms with van der Waals surface area (Å²) in [6.45, 7) is 1.87. The smallest absolute Gasteiger partial charge is 0.274 e. The molecule has 0 spiro atoms. The van der Waals surface area contributed by atoms with E-state index in [1.807, 2.05) is 17.5 Å². The van der Waals surface area contributed by atoms with Gasteiger partial charge in [-0.1, -0.05) is 23.9 Å². The molecule has 0 atom stereocenters. The number of carbonyl (C=O) groups is 2. The van der Waals surface area contributed by atoms with Gasteiger partial charge in [0.05, 0.1) is 26.8 Å². The summed E-state index contributed by atoms with van der Waals surface area (Å²) in [7, 11) is 0. The fourth-order valence-corrected chi connectivity index (χ4v) is 4.16. The van der Waals surface area contributed by atoms with E-state index < -0.39 is 10.8 Å². The number of anilines is 1. The summed E-state index contributed by atoms with van der Waals surface area (Å²) in [6, 6.07) is 8.28. The zero-order chi connectivity index (χ0) is 21.7. The highest BCUT2D eigenvalue weighted by atomic mass is 32.2. The second kappa shape index (κ2) is 9.50. The van der Waals surface area contributed by atoms with E-state index in [4.69, 9.17) is 5.73 Å². The topological polar surface area (TPSA) is 146 Å². The summed E-state index contributed by atoms with van der Waals surface area (Å²) < 4.78 is 1.76. The number of thiophene rings is 1. The van der Waals surface area contributed by atoms with Crippen LogP contribution in [-0.4, -0.2) is 37.3 Å². The number of nitro groups is 1. The van der Waals surface area contributed by atoms with Gasteiger partial charge in [0, 0.05) is 19.0 Å². The van der Waals surface area contributed by atoms with Gasteiger partial charge in [-0.2, -0.15) is 0 Å². The molecule has 2 aromatic heterocycles. The Balaban J connectivity index is 1.72. The van der Waals surface area contributed by atoms with E-state index in [1.165, 1.54) is 23.5 Å². The minimum atomic E-state index is -0.493. The Hall–Kier alpha value is -3.25. The largest absolute Gasteiger partial charge is 0.370 e. The highest BCUT2D eigenvalue weighted by Gasteiger charge is 2.18. The van der Waals surface area contributed by atoms with Crippen molar-refractivity contribution in [2.75, 3.05) is 11.1 Å². The Kier molecular flexibility index (Phi) is 6.79. The second-order valence-corrected chi connectivity index (χ2v) is 8.09. The van der Waals surface area contributed by atoms with Crippen LogP contribution in [0.5, 0.6) is 0 Å². The lowest BCUT2D eigenvalue weighted by molar-refractivity contribution is -0.385. The number of rotatable bonds is 9. The molecule has 12 heteroatoms. The van der Waals surface area contributed by atoms with Gasteiger partial charge < -0.3 is 15.6 Å². The van der Waals surface area contributed by atoms with Crippen LogP contribution in [0, 0.1) is 17.0 Å². The monoisotopic (exact) mass is 446 g/mol. The van der Waals surface area contributed by atoms with Crippen molar-refractivity contribution in [1.29, 1.82) is 0 Å². The molecule has 0 saturated heterocycles. The van der Waals surface area contributed by atoms with Crippen LogP contribution in [0.2, 0.25) is 0 Å². The molecular formula is C18H18N6O4S2. The van der Waals surface area contributed by atoms with E-state index in [1.54, 1.807) is 17.6 Å². The van der Waals surface area contributed by atoms with E-state index in [9.17, 15) is 19.7 Å². The number of hydrogen-bond donors (Lipinski definition) is 2. The molecule has 0 unspecified atom stereocenters. The Morgan fingerprint density at radius 1 is 1.30 bits per heavy atom. The molecule has 2 heterocycles. The SMILES string of the molecule is Cc1c(NC(=O)CSc2nnc(-c3cccs3)n2CCC(N)=O)cccc1[N+](=O)[O-]. The third kappa shape index (κ3) is 5.02. The molecule has 0 bridgehead atoms. The van der Waals surface area contributed by atoms with E-state index in [0.29, 0.717) is 28.8 Å². The molecule has 30 heavy (non-hydrogen) atoms. The van der Waals surface area contributed by atoms with Gasteiger partial charge in [0.25, 0.3) is 5.69 Å². The highest BCUT2D eigenvalue weighted by Crippen LogP contribution is 2.28. The molecule has 0 saturated carbocycles. The van der Waals surface area contributed by atoms with Crippen molar-refractivity contribution in [1.82, 2.24) is 14.8 Å². The molecule has 0 fully saturated rings. The number of benzene rings is 1. The summed E-state index contributed by atoms with van der Waals surface area (Å²) in [5.74, 6) is -0.175. The minimum absolute atomic E-state index is 0.0152. The first kappa shape index (κ1) is 21.5. The van der Waals surface area contributed by atoms with Crippen molar-refractivity contribution in [3.8, 4) is 10.7 Å². The predicted octanol–water partition coefficient (Wildman–Crippen LogP) is 2.83. The molecule has 0 radical (unpaired) electrons. The number of nitrogens with zero attached hydrogens (tertiary/aromatic N) is 4. The lowest BCUT2D eigenvalue weighted by Gasteiger charge is -2.10. The predicted molar refractivity (Wildman–Crippen MR) is 114 cm³/mol.